The van der Waals surface area contributed by atoms with Crippen LogP contribution in [-0.2, 0) is 4.79 Å². The topological polar surface area (TPSA) is 234 Å². The Bertz CT molecular complexity index is 2020. The molecule has 1 aliphatic heterocycles. The lowest BCUT2D eigenvalue weighted by atomic mass is 9.81. The van der Waals surface area contributed by atoms with Crippen molar-refractivity contribution < 1.29 is 19.8 Å². The van der Waals surface area contributed by atoms with Gasteiger partial charge in [-0.25, -0.2) is 0 Å². The Balaban J connectivity index is 0.000000702. The number of carboxylic acids is 1. The average molecular weight is 738 g/mol. The van der Waals surface area contributed by atoms with Crippen molar-refractivity contribution >= 4 is 55.1 Å². The fourth-order valence-electron chi connectivity index (χ4n) is 4.12. The minimum atomic E-state index is -0.833. The number of nitrogens with zero attached hydrogens (tertiary/aromatic N) is 4. The molecule has 2 aromatic carbocycles. The van der Waals surface area contributed by atoms with Crippen LogP contribution in [0.4, 0.5) is 0 Å². The smallest absolute Gasteiger partial charge is 0.300 e. The lowest BCUT2D eigenvalue weighted by molar-refractivity contribution is -0.134. The van der Waals surface area contributed by atoms with Gasteiger partial charge in [-0.15, -0.1) is 22.7 Å². The summed E-state index contributed by atoms with van der Waals surface area (Å²) in [5, 5.41) is 59.5. The second-order valence-electron chi connectivity index (χ2n) is 11.0. The third-order valence-corrected chi connectivity index (χ3v) is 8.01. The first-order chi connectivity index (χ1) is 24.6. The number of allylic oxidation sites excluding steroid dienone is 8. The summed E-state index contributed by atoms with van der Waals surface area (Å²) in [6.45, 7) is 11.6. The highest BCUT2D eigenvalue weighted by Gasteiger charge is 2.30. The molecule has 1 aliphatic rings. The van der Waals surface area contributed by atoms with E-state index in [1.165, 1.54) is 21.6 Å². The number of nitrogens with one attached hydrogen (secondary N) is 1. The van der Waals surface area contributed by atoms with Gasteiger partial charge in [0.2, 0.25) is 0 Å². The van der Waals surface area contributed by atoms with Crippen molar-refractivity contribution in [2.75, 3.05) is 0 Å². The Morgan fingerprint density at radius 3 is 1.56 bits per heavy atom. The van der Waals surface area contributed by atoms with E-state index in [2.05, 4.69) is 35.0 Å². The van der Waals surface area contributed by atoms with Gasteiger partial charge < -0.3 is 27.0 Å². The highest BCUT2D eigenvalue weighted by Crippen LogP contribution is 2.42. The number of aliphatic carboxylic acids is 1. The van der Waals surface area contributed by atoms with Gasteiger partial charge in [-0.3, -0.25) is 9.59 Å². The molecular formula is C39H43N7O4S2. The lowest BCUT2D eigenvalue weighted by Gasteiger charge is -2.25. The first-order valence-corrected chi connectivity index (χ1v) is 17.2. The molecule has 270 valence electrons. The number of fused-ring (bicyclic) bond motifs is 2. The molecule has 5 rings (SSSR count). The van der Waals surface area contributed by atoms with Crippen LogP contribution in [0.3, 0.4) is 0 Å². The van der Waals surface area contributed by atoms with Crippen LogP contribution in [0, 0.1) is 45.3 Å². The van der Waals surface area contributed by atoms with Gasteiger partial charge in [-0.1, -0.05) is 36.4 Å². The molecular weight excluding hydrogens is 695 g/mol. The number of nitriles is 4. The van der Waals surface area contributed by atoms with Crippen LogP contribution in [0.25, 0.3) is 20.2 Å². The van der Waals surface area contributed by atoms with Crippen LogP contribution in [-0.4, -0.2) is 28.6 Å². The van der Waals surface area contributed by atoms with Crippen molar-refractivity contribution in [3.63, 3.8) is 0 Å². The highest BCUT2D eigenvalue weighted by atomic mass is 32.1. The Labute approximate surface area is 313 Å². The van der Waals surface area contributed by atoms with Crippen molar-refractivity contribution in [1.29, 1.82) is 21.0 Å². The Morgan fingerprint density at radius 1 is 0.808 bits per heavy atom. The number of hydrogen-bond acceptors (Lipinski definition) is 12. The molecule has 11 nitrogen and oxygen atoms in total. The third kappa shape index (κ3) is 16.5. The summed E-state index contributed by atoms with van der Waals surface area (Å²) in [5.41, 5.74) is 15.9. The minimum absolute atomic E-state index is 0.167. The number of benzene rings is 2. The van der Waals surface area contributed by atoms with E-state index in [0.29, 0.717) is 22.5 Å². The molecule has 52 heavy (non-hydrogen) atoms. The Kier molecular flexibility index (Phi) is 21.9. The van der Waals surface area contributed by atoms with E-state index in [9.17, 15) is 15.3 Å². The molecule has 13 heteroatoms. The van der Waals surface area contributed by atoms with Gasteiger partial charge in [-0.2, -0.15) is 21.0 Å². The summed E-state index contributed by atoms with van der Waals surface area (Å²) < 4.78 is 2.35. The fraction of sp³-hybridized carbons (Fsp3) is 0.231. The molecule has 0 saturated carbocycles. The van der Waals surface area contributed by atoms with Crippen molar-refractivity contribution in [1.82, 2.24) is 5.32 Å². The van der Waals surface area contributed by atoms with E-state index in [0.717, 1.165) is 46.5 Å². The monoisotopic (exact) mass is 737 g/mol. The van der Waals surface area contributed by atoms with E-state index < -0.39 is 5.97 Å². The number of aldehydes is 1. The molecule has 7 N–H and O–H groups in total. The number of carboxylic acid groups (broad SMARTS) is 1. The predicted molar refractivity (Wildman–Crippen MR) is 209 cm³/mol. The number of aliphatic hydroxyl groups excluding tert-OH is 1. The molecule has 0 spiro atoms. The molecule has 3 heterocycles. The standard InChI is InChI=1S/C17H13N3S.C9H6OS.2C4H6N2.C3H8O.C2H4O2/c1-10-13(7-18)17(14(8-19)11(2)20-10)15-9-21-16-6-4-3-5-12(15)16;10-5-7-6-11-9-4-2-1-3-8(7)9;2*1-4(6)2-3-5;1-3(2)4;1-2(3)4/h3-6,9,17,20H,1-2H3;1-6H;2*2H,6H2,1H3;3-4H,1-2H3;1H3,(H,3,4)/b;;2*4-2-;;. The van der Waals surface area contributed by atoms with Gasteiger partial charge in [0.25, 0.3) is 5.97 Å². The maximum atomic E-state index is 10.5. The summed E-state index contributed by atoms with van der Waals surface area (Å²) in [6.07, 6.45) is 3.32. The number of thiophene rings is 2. The summed E-state index contributed by atoms with van der Waals surface area (Å²) >= 11 is 3.26. The number of hydrogen-bond donors (Lipinski definition) is 5. The van der Waals surface area contributed by atoms with Crippen LogP contribution < -0.4 is 16.8 Å². The molecule has 0 aliphatic carbocycles. The summed E-state index contributed by atoms with van der Waals surface area (Å²) in [7, 11) is 0. The zero-order chi connectivity index (χ0) is 39.8. The minimum Gasteiger partial charge on any atom is -0.481 e. The number of carbonyl (C=O) groups excluding carboxylic acids is 1. The highest BCUT2D eigenvalue weighted by molar-refractivity contribution is 7.17. The molecule has 0 amide bonds. The predicted octanol–water partition coefficient (Wildman–Crippen LogP) is 8.12. The quantitative estimate of drug-likeness (QED) is 0.0973. The first-order valence-electron chi connectivity index (χ1n) is 15.5. The SMILES string of the molecule is C/C(N)=C/C#N.C/C(N)=C/C#N.CC(=O)O.CC(C)O.CC1=C(C#N)C(c2csc3ccccc23)C(C#N)=C(C)N1.O=Cc1csc2ccccc12. The fourth-order valence-corrected chi connectivity index (χ4v) is 6.01. The van der Waals surface area contributed by atoms with Crippen molar-refractivity contribution in [2.45, 2.75) is 60.5 Å². The van der Waals surface area contributed by atoms with Crippen LogP contribution in [0.2, 0.25) is 0 Å². The zero-order valence-corrected chi connectivity index (χ0v) is 31.8. The zero-order valence-electron chi connectivity index (χ0n) is 30.1. The van der Waals surface area contributed by atoms with E-state index in [4.69, 9.17) is 37.0 Å². The van der Waals surface area contributed by atoms with E-state index in [1.54, 1.807) is 62.5 Å². The molecule has 0 fully saturated rings. The van der Waals surface area contributed by atoms with Gasteiger partial charge in [0, 0.05) is 73.7 Å². The molecule has 2 aromatic heterocycles. The van der Waals surface area contributed by atoms with Crippen molar-refractivity contribution in [2.24, 2.45) is 11.5 Å². The average Bonchev–Trinajstić information content (AvgIpc) is 3.69. The Morgan fingerprint density at radius 2 is 1.19 bits per heavy atom. The summed E-state index contributed by atoms with van der Waals surface area (Å²) in [6, 6.07) is 24.1. The van der Waals surface area contributed by atoms with Crippen molar-refractivity contribution in [3.8, 4) is 24.3 Å². The van der Waals surface area contributed by atoms with Gasteiger partial charge in [0.15, 0.2) is 6.29 Å². The van der Waals surface area contributed by atoms with Gasteiger partial charge in [0.05, 0.1) is 41.3 Å². The second-order valence-corrected chi connectivity index (χ2v) is 12.8. The van der Waals surface area contributed by atoms with Crippen LogP contribution in [0.1, 0.15) is 70.3 Å². The molecule has 0 bridgehead atoms. The third-order valence-electron chi connectivity index (χ3n) is 6.05. The van der Waals surface area contributed by atoms with E-state index in [1.807, 2.05) is 55.6 Å². The van der Waals surface area contributed by atoms with Crippen LogP contribution >= 0.6 is 22.7 Å². The molecule has 4 aromatic rings. The first kappa shape index (κ1) is 45.8. The number of dihydropyridines is 1. The van der Waals surface area contributed by atoms with Crippen molar-refractivity contribution in [3.05, 3.63) is 117 Å². The van der Waals surface area contributed by atoms with E-state index in [-0.39, 0.29) is 12.0 Å². The maximum absolute atomic E-state index is 10.5. The second kappa shape index (κ2) is 24.8. The van der Waals surface area contributed by atoms with Gasteiger partial charge >= 0.3 is 0 Å². The summed E-state index contributed by atoms with van der Waals surface area (Å²) in [4.78, 5) is 19.5. The van der Waals surface area contributed by atoms with E-state index >= 15 is 0 Å². The molecule has 0 atom stereocenters. The maximum Gasteiger partial charge on any atom is 0.300 e. The van der Waals surface area contributed by atoms with Crippen LogP contribution in [0.5, 0.6) is 0 Å². The summed E-state index contributed by atoms with van der Waals surface area (Å²) in [5.74, 6) is -1.10. The molecule has 0 radical (unpaired) electrons. The molecule has 0 saturated heterocycles. The Hall–Kier alpha value is -6.22. The number of nitrogens with two attached hydrogens (primary N) is 2. The lowest BCUT2D eigenvalue weighted by Crippen LogP contribution is -2.23. The normalized spacial score (nSPS) is 12.1. The van der Waals surface area contributed by atoms with Crippen LogP contribution in [0.15, 0.2) is 105 Å². The number of aliphatic hydroxyl groups is 1. The largest absolute Gasteiger partial charge is 0.481 e. The van der Waals surface area contributed by atoms with Gasteiger partial charge in [-0.05, 0) is 70.0 Å². The van der Waals surface area contributed by atoms with Gasteiger partial charge in [0.1, 0.15) is 0 Å². The number of rotatable bonds is 2. The molecule has 0 unspecified atom stereocenters. The number of carbonyl (C=O) groups is 2.